The number of carbonyl (C=O) groups excluding carboxylic acids is 2. The van der Waals surface area contributed by atoms with Crippen LogP contribution in [0.5, 0.6) is 5.75 Å². The van der Waals surface area contributed by atoms with E-state index in [1.807, 2.05) is 13.0 Å². The zero-order valence-corrected chi connectivity index (χ0v) is 13.1. The molecule has 2 N–H and O–H groups in total. The minimum Gasteiger partial charge on any atom is -0.494 e. The summed E-state index contributed by atoms with van der Waals surface area (Å²) in [6, 6.07) is 6.08. The van der Waals surface area contributed by atoms with E-state index in [1.54, 1.807) is 18.2 Å². The third-order valence-corrected chi connectivity index (χ3v) is 3.49. The van der Waals surface area contributed by atoms with Crippen LogP contribution in [-0.4, -0.2) is 31.6 Å². The number of para-hydroxylation sites is 1. The van der Waals surface area contributed by atoms with E-state index in [4.69, 9.17) is 21.1 Å². The van der Waals surface area contributed by atoms with Crippen LogP contribution in [0, 0.1) is 0 Å². The number of halogens is 1. The second-order valence-electron chi connectivity index (χ2n) is 4.52. The Labute approximate surface area is 133 Å². The van der Waals surface area contributed by atoms with Crippen LogP contribution in [0.2, 0.25) is 0 Å². The predicted molar refractivity (Wildman–Crippen MR) is 81.8 cm³/mol. The first-order valence-electron chi connectivity index (χ1n) is 6.78. The van der Waals surface area contributed by atoms with Crippen molar-refractivity contribution >= 4 is 23.6 Å². The molecule has 1 heterocycles. The van der Waals surface area contributed by atoms with E-state index in [2.05, 4.69) is 10.6 Å². The van der Waals surface area contributed by atoms with Crippen LogP contribution in [0.15, 0.2) is 35.5 Å². The van der Waals surface area contributed by atoms with E-state index in [0.717, 1.165) is 0 Å². The molecule has 0 saturated carbocycles. The summed E-state index contributed by atoms with van der Waals surface area (Å²) < 4.78 is 10.4. The van der Waals surface area contributed by atoms with E-state index < -0.39 is 18.0 Å². The quantitative estimate of drug-likeness (QED) is 0.642. The molecule has 22 heavy (non-hydrogen) atoms. The van der Waals surface area contributed by atoms with Gasteiger partial charge >= 0.3 is 12.0 Å². The van der Waals surface area contributed by atoms with Gasteiger partial charge in [-0.3, -0.25) is 0 Å². The third-order valence-electron chi connectivity index (χ3n) is 3.22. The number of benzene rings is 1. The van der Waals surface area contributed by atoms with Crippen LogP contribution in [0.4, 0.5) is 4.79 Å². The van der Waals surface area contributed by atoms with Crippen molar-refractivity contribution in [3.63, 3.8) is 0 Å². The molecular formula is C15H17ClN2O4. The van der Waals surface area contributed by atoms with E-state index in [9.17, 15) is 9.59 Å². The van der Waals surface area contributed by atoms with Gasteiger partial charge in [0.15, 0.2) is 0 Å². The molecule has 0 bridgehead atoms. The summed E-state index contributed by atoms with van der Waals surface area (Å²) in [5.74, 6) is 0.0255. The van der Waals surface area contributed by atoms with Crippen molar-refractivity contribution in [2.24, 2.45) is 0 Å². The fourth-order valence-electron chi connectivity index (χ4n) is 2.31. The fraction of sp³-hybridized carbons (Fsp3) is 0.333. The number of nitrogens with one attached hydrogen (secondary N) is 2. The normalized spacial score (nSPS) is 17.6. The number of carbonyl (C=O) groups is 2. The number of amides is 2. The van der Waals surface area contributed by atoms with Gasteiger partial charge in [0.05, 0.1) is 31.2 Å². The Balaban J connectivity index is 2.55. The first-order valence-corrected chi connectivity index (χ1v) is 7.32. The molecule has 0 unspecified atom stereocenters. The molecule has 0 saturated heterocycles. The third kappa shape index (κ3) is 3.17. The largest absolute Gasteiger partial charge is 0.494 e. The van der Waals surface area contributed by atoms with Crippen molar-refractivity contribution in [3.05, 3.63) is 41.1 Å². The highest BCUT2D eigenvalue weighted by Gasteiger charge is 2.34. The Morgan fingerprint density at radius 1 is 1.36 bits per heavy atom. The molecule has 7 heteroatoms. The molecule has 1 aliphatic heterocycles. The average Bonchev–Trinajstić information content (AvgIpc) is 2.54. The van der Waals surface area contributed by atoms with Crippen LogP contribution in [0.3, 0.4) is 0 Å². The summed E-state index contributed by atoms with van der Waals surface area (Å²) in [4.78, 5) is 24.0. The van der Waals surface area contributed by atoms with E-state index >= 15 is 0 Å². The maximum atomic E-state index is 12.1. The van der Waals surface area contributed by atoms with Gasteiger partial charge in [0.25, 0.3) is 0 Å². The monoisotopic (exact) mass is 324 g/mol. The maximum absolute atomic E-state index is 12.1. The van der Waals surface area contributed by atoms with Crippen molar-refractivity contribution in [3.8, 4) is 5.75 Å². The highest BCUT2D eigenvalue weighted by atomic mass is 35.5. The minimum absolute atomic E-state index is 0.00877. The number of hydrogen-bond donors (Lipinski definition) is 2. The van der Waals surface area contributed by atoms with Crippen LogP contribution in [0.25, 0.3) is 0 Å². The number of methoxy groups -OCH3 is 1. The average molecular weight is 325 g/mol. The number of rotatable bonds is 5. The molecule has 0 radical (unpaired) electrons. The summed E-state index contributed by atoms with van der Waals surface area (Å²) in [7, 11) is 1.28. The van der Waals surface area contributed by atoms with Crippen molar-refractivity contribution in [1.29, 1.82) is 0 Å². The Hall–Kier alpha value is -2.21. The van der Waals surface area contributed by atoms with Gasteiger partial charge < -0.3 is 20.1 Å². The van der Waals surface area contributed by atoms with Gasteiger partial charge in [0, 0.05) is 11.3 Å². The van der Waals surface area contributed by atoms with Crippen LogP contribution in [-0.2, 0) is 9.53 Å². The Morgan fingerprint density at radius 3 is 2.73 bits per heavy atom. The molecule has 1 aliphatic rings. The topological polar surface area (TPSA) is 76.7 Å². The van der Waals surface area contributed by atoms with Gasteiger partial charge in [-0.15, -0.1) is 11.6 Å². The van der Waals surface area contributed by atoms with Gasteiger partial charge in [-0.1, -0.05) is 18.2 Å². The first kappa shape index (κ1) is 16.2. The molecule has 0 fully saturated rings. The predicted octanol–water partition coefficient (Wildman–Crippen LogP) is 2.11. The minimum atomic E-state index is -0.683. The maximum Gasteiger partial charge on any atom is 0.338 e. The fourth-order valence-corrected chi connectivity index (χ4v) is 2.52. The highest BCUT2D eigenvalue weighted by molar-refractivity contribution is 6.20. The molecule has 2 rings (SSSR count). The first-order chi connectivity index (χ1) is 10.6. The lowest BCUT2D eigenvalue weighted by Gasteiger charge is -2.29. The van der Waals surface area contributed by atoms with E-state index in [0.29, 0.717) is 23.6 Å². The summed E-state index contributed by atoms with van der Waals surface area (Å²) in [6.07, 6.45) is 0. The zero-order valence-electron chi connectivity index (χ0n) is 12.3. The summed E-state index contributed by atoms with van der Waals surface area (Å²) in [5, 5.41) is 5.25. The highest BCUT2D eigenvalue weighted by Crippen LogP contribution is 2.33. The molecule has 0 aliphatic carbocycles. The van der Waals surface area contributed by atoms with Crippen LogP contribution in [0.1, 0.15) is 18.5 Å². The van der Waals surface area contributed by atoms with Gasteiger partial charge in [-0.25, -0.2) is 9.59 Å². The number of hydrogen-bond acceptors (Lipinski definition) is 4. The Bertz CT molecular complexity index is 615. The van der Waals surface area contributed by atoms with E-state index in [1.165, 1.54) is 7.11 Å². The Morgan fingerprint density at radius 2 is 2.09 bits per heavy atom. The summed E-state index contributed by atoms with van der Waals surface area (Å²) >= 11 is 5.86. The molecule has 0 spiro atoms. The molecule has 2 amide bonds. The molecule has 6 nitrogen and oxygen atoms in total. The van der Waals surface area contributed by atoms with Crippen molar-refractivity contribution in [1.82, 2.24) is 10.6 Å². The van der Waals surface area contributed by atoms with Crippen molar-refractivity contribution < 1.29 is 19.1 Å². The SMILES string of the molecule is CCOc1ccccc1[C@@H]1NC(=O)NC(CCl)=C1C(=O)OC. The lowest BCUT2D eigenvalue weighted by molar-refractivity contribution is -0.136. The van der Waals surface area contributed by atoms with Crippen LogP contribution < -0.4 is 15.4 Å². The van der Waals surface area contributed by atoms with Crippen LogP contribution >= 0.6 is 11.6 Å². The van der Waals surface area contributed by atoms with Gasteiger partial charge in [-0.05, 0) is 13.0 Å². The number of ether oxygens (including phenoxy) is 2. The summed E-state index contributed by atoms with van der Waals surface area (Å²) in [5.41, 5.74) is 1.26. The summed E-state index contributed by atoms with van der Waals surface area (Å²) in [6.45, 7) is 2.33. The molecule has 1 atom stereocenters. The molecule has 0 aromatic heterocycles. The number of allylic oxidation sites excluding steroid dienone is 1. The molecule has 118 valence electrons. The number of urea groups is 1. The lowest BCUT2D eigenvalue weighted by atomic mass is 9.95. The number of alkyl halides is 1. The zero-order chi connectivity index (χ0) is 16.1. The number of esters is 1. The second-order valence-corrected chi connectivity index (χ2v) is 4.79. The smallest absolute Gasteiger partial charge is 0.338 e. The standard InChI is InChI=1S/C15H17ClN2O4/c1-3-22-11-7-5-4-6-9(11)13-12(14(19)21-2)10(8-16)17-15(20)18-13/h4-7,13H,3,8H2,1-2H3,(H2,17,18,20)/t13-/m0/s1. The van der Waals surface area contributed by atoms with Gasteiger partial charge in [0.2, 0.25) is 0 Å². The lowest BCUT2D eigenvalue weighted by Crippen LogP contribution is -2.46. The Kier molecular flexibility index (Phi) is 5.27. The molecule has 1 aromatic carbocycles. The van der Waals surface area contributed by atoms with Crippen molar-refractivity contribution in [2.75, 3.05) is 19.6 Å². The van der Waals surface area contributed by atoms with Gasteiger partial charge in [0.1, 0.15) is 5.75 Å². The second kappa shape index (κ2) is 7.17. The van der Waals surface area contributed by atoms with E-state index in [-0.39, 0.29) is 11.5 Å². The van der Waals surface area contributed by atoms with Gasteiger partial charge in [-0.2, -0.15) is 0 Å². The van der Waals surface area contributed by atoms with Crippen molar-refractivity contribution in [2.45, 2.75) is 13.0 Å². The molecule has 1 aromatic rings. The molecular weight excluding hydrogens is 308 g/mol.